The Kier molecular flexibility index (Phi) is 3.76. The van der Waals surface area contributed by atoms with Gasteiger partial charge in [0.05, 0.1) is 5.69 Å². The highest BCUT2D eigenvalue weighted by molar-refractivity contribution is 7.12. The van der Waals surface area contributed by atoms with E-state index in [1.54, 1.807) is 11.3 Å². The van der Waals surface area contributed by atoms with Gasteiger partial charge in [-0.05, 0) is 19.3 Å². The maximum atomic E-state index is 5.34. The van der Waals surface area contributed by atoms with Crippen LogP contribution < -0.4 is 5.73 Å². The fraction of sp³-hybridized carbons (Fsp3) is 0.308. The zero-order chi connectivity index (χ0) is 12.3. The van der Waals surface area contributed by atoms with Crippen molar-refractivity contribution in [3.8, 4) is 0 Å². The topological polar surface area (TPSA) is 42.1 Å². The summed E-state index contributed by atoms with van der Waals surface area (Å²) in [5.74, 6) is 0. The second-order valence-electron chi connectivity index (χ2n) is 4.09. The first-order valence-electron chi connectivity index (χ1n) is 5.63. The highest BCUT2D eigenvalue weighted by Gasteiger charge is 2.18. The van der Waals surface area contributed by atoms with Gasteiger partial charge in [-0.25, -0.2) is 4.98 Å². The van der Waals surface area contributed by atoms with Gasteiger partial charge in [-0.1, -0.05) is 18.7 Å². The number of thiazole rings is 1. The number of allylic oxidation sites excluding steroid dienone is 4. The minimum Gasteiger partial charge on any atom is -0.405 e. The molecule has 0 unspecified atom stereocenters. The second-order valence-corrected chi connectivity index (χ2v) is 5.17. The summed E-state index contributed by atoms with van der Waals surface area (Å²) in [6.07, 6.45) is 8.14. The van der Waals surface area contributed by atoms with E-state index in [0.717, 1.165) is 30.1 Å². The van der Waals surface area contributed by atoms with Crippen LogP contribution in [0.5, 0.6) is 0 Å². The van der Waals surface area contributed by atoms with Gasteiger partial charge in [0.2, 0.25) is 0 Å². The molecule has 4 heteroatoms. The Hall–Kier alpha value is -1.39. The summed E-state index contributed by atoms with van der Waals surface area (Å²) in [5.41, 5.74) is 7.62. The van der Waals surface area contributed by atoms with E-state index in [1.807, 2.05) is 18.2 Å². The smallest absolute Gasteiger partial charge is 0.123 e. The molecular formula is C13H17N3S. The SMILES string of the molecule is C=C/C(=C\C=C/N)c1nc2c(s1)CN(C)CC2. The third kappa shape index (κ3) is 2.65. The number of fused-ring (bicyclic) bond motifs is 1. The first-order chi connectivity index (χ1) is 8.24. The second kappa shape index (κ2) is 5.29. The molecule has 1 aromatic rings. The minimum atomic E-state index is 1.00. The lowest BCUT2D eigenvalue weighted by Crippen LogP contribution is -2.25. The molecule has 2 rings (SSSR count). The van der Waals surface area contributed by atoms with Crippen LogP contribution in [0.15, 0.2) is 31.0 Å². The van der Waals surface area contributed by atoms with Crippen molar-refractivity contribution in [1.29, 1.82) is 0 Å². The number of likely N-dealkylation sites (N-methyl/N-ethyl adjacent to an activating group) is 1. The van der Waals surface area contributed by atoms with Crippen molar-refractivity contribution >= 4 is 16.9 Å². The number of nitrogens with zero attached hydrogens (tertiary/aromatic N) is 2. The molecule has 1 aliphatic heterocycles. The molecule has 17 heavy (non-hydrogen) atoms. The fourth-order valence-electron chi connectivity index (χ4n) is 1.83. The summed E-state index contributed by atoms with van der Waals surface area (Å²) in [6.45, 7) is 5.92. The zero-order valence-corrected chi connectivity index (χ0v) is 10.8. The normalized spacial score (nSPS) is 17.4. The number of rotatable bonds is 3. The summed E-state index contributed by atoms with van der Waals surface area (Å²) in [6, 6.07) is 0. The largest absolute Gasteiger partial charge is 0.405 e. The van der Waals surface area contributed by atoms with Crippen molar-refractivity contribution < 1.29 is 0 Å². The Morgan fingerprint density at radius 1 is 1.59 bits per heavy atom. The van der Waals surface area contributed by atoms with Crippen LogP contribution in [0.2, 0.25) is 0 Å². The molecule has 0 bridgehead atoms. The van der Waals surface area contributed by atoms with Gasteiger partial charge in [0.1, 0.15) is 5.01 Å². The summed E-state index contributed by atoms with van der Waals surface area (Å²) < 4.78 is 0. The quantitative estimate of drug-likeness (QED) is 0.832. The highest BCUT2D eigenvalue weighted by atomic mass is 32.1. The molecule has 0 saturated carbocycles. The lowest BCUT2D eigenvalue weighted by molar-refractivity contribution is 0.314. The lowest BCUT2D eigenvalue weighted by atomic mass is 10.2. The molecular weight excluding hydrogens is 230 g/mol. The Bertz CT molecular complexity index is 471. The predicted octanol–water partition coefficient (Wildman–Crippen LogP) is 2.17. The average Bonchev–Trinajstić information content (AvgIpc) is 2.72. The van der Waals surface area contributed by atoms with Gasteiger partial charge in [0.25, 0.3) is 0 Å². The van der Waals surface area contributed by atoms with Crippen molar-refractivity contribution in [2.75, 3.05) is 13.6 Å². The summed E-state index contributed by atoms with van der Waals surface area (Å²) in [7, 11) is 2.14. The van der Waals surface area contributed by atoms with E-state index >= 15 is 0 Å². The van der Waals surface area contributed by atoms with Gasteiger partial charge in [0, 0.05) is 30.0 Å². The van der Waals surface area contributed by atoms with Gasteiger partial charge in [-0.15, -0.1) is 11.3 Å². The van der Waals surface area contributed by atoms with E-state index in [9.17, 15) is 0 Å². The molecule has 0 fully saturated rings. The maximum absolute atomic E-state index is 5.34. The Balaban J connectivity index is 2.31. The Morgan fingerprint density at radius 2 is 2.41 bits per heavy atom. The van der Waals surface area contributed by atoms with Crippen LogP contribution in [-0.2, 0) is 13.0 Å². The van der Waals surface area contributed by atoms with Crippen LogP contribution in [0.3, 0.4) is 0 Å². The van der Waals surface area contributed by atoms with E-state index in [-0.39, 0.29) is 0 Å². The molecule has 0 aliphatic carbocycles. The van der Waals surface area contributed by atoms with Crippen molar-refractivity contribution in [2.45, 2.75) is 13.0 Å². The Labute approximate surface area is 106 Å². The molecule has 0 saturated heterocycles. The van der Waals surface area contributed by atoms with E-state index in [1.165, 1.54) is 16.8 Å². The van der Waals surface area contributed by atoms with Crippen molar-refractivity contribution in [3.05, 3.63) is 46.6 Å². The monoisotopic (exact) mass is 247 g/mol. The van der Waals surface area contributed by atoms with Crippen LogP contribution in [0.25, 0.3) is 5.57 Å². The molecule has 2 heterocycles. The van der Waals surface area contributed by atoms with Gasteiger partial charge < -0.3 is 10.6 Å². The van der Waals surface area contributed by atoms with Crippen molar-refractivity contribution in [3.63, 3.8) is 0 Å². The van der Waals surface area contributed by atoms with E-state index in [2.05, 4.69) is 23.5 Å². The molecule has 3 nitrogen and oxygen atoms in total. The molecule has 1 aliphatic rings. The molecule has 1 aromatic heterocycles. The van der Waals surface area contributed by atoms with Gasteiger partial charge >= 0.3 is 0 Å². The maximum Gasteiger partial charge on any atom is 0.123 e. The highest BCUT2D eigenvalue weighted by Crippen LogP contribution is 2.29. The Morgan fingerprint density at radius 3 is 3.12 bits per heavy atom. The lowest BCUT2D eigenvalue weighted by Gasteiger charge is -2.20. The molecule has 0 atom stereocenters. The van der Waals surface area contributed by atoms with E-state index in [0.29, 0.717) is 0 Å². The first kappa shape index (κ1) is 12.1. The van der Waals surface area contributed by atoms with E-state index in [4.69, 9.17) is 5.73 Å². The van der Waals surface area contributed by atoms with Gasteiger partial charge in [-0.3, -0.25) is 0 Å². The minimum absolute atomic E-state index is 1.00. The summed E-state index contributed by atoms with van der Waals surface area (Å²) >= 11 is 1.76. The first-order valence-corrected chi connectivity index (χ1v) is 6.44. The fourth-order valence-corrected chi connectivity index (χ4v) is 3.04. The van der Waals surface area contributed by atoms with Crippen molar-refractivity contribution in [2.24, 2.45) is 5.73 Å². The van der Waals surface area contributed by atoms with Crippen molar-refractivity contribution in [1.82, 2.24) is 9.88 Å². The number of hydrogen-bond donors (Lipinski definition) is 1. The number of nitrogens with two attached hydrogens (primary N) is 1. The van der Waals surface area contributed by atoms with Crippen LogP contribution in [0.4, 0.5) is 0 Å². The molecule has 90 valence electrons. The zero-order valence-electron chi connectivity index (χ0n) is 10.0. The van der Waals surface area contributed by atoms with Crippen LogP contribution in [0.1, 0.15) is 15.6 Å². The van der Waals surface area contributed by atoms with Gasteiger partial charge in [-0.2, -0.15) is 0 Å². The molecule has 0 amide bonds. The van der Waals surface area contributed by atoms with Crippen LogP contribution in [-0.4, -0.2) is 23.5 Å². The molecule has 2 N–H and O–H groups in total. The van der Waals surface area contributed by atoms with Gasteiger partial charge in [0.15, 0.2) is 0 Å². The average molecular weight is 247 g/mol. The summed E-state index contributed by atoms with van der Waals surface area (Å²) in [5, 5.41) is 1.04. The number of hydrogen-bond acceptors (Lipinski definition) is 4. The standard InChI is InChI=1S/C13H17N3S/c1-3-10(5-4-7-14)13-15-11-6-8-16(2)9-12(11)17-13/h3-5,7H,1,6,8-9,14H2,2H3/b7-4-,10-5+. The third-order valence-corrected chi connectivity index (χ3v) is 3.91. The molecule has 0 spiro atoms. The third-order valence-electron chi connectivity index (χ3n) is 2.78. The summed E-state index contributed by atoms with van der Waals surface area (Å²) in [4.78, 5) is 8.38. The van der Waals surface area contributed by atoms with Crippen LogP contribution >= 0.6 is 11.3 Å². The molecule has 0 aromatic carbocycles. The van der Waals surface area contributed by atoms with Crippen LogP contribution in [0, 0.1) is 0 Å². The number of aromatic nitrogens is 1. The molecule has 0 radical (unpaired) electrons. The predicted molar refractivity (Wildman–Crippen MR) is 73.7 cm³/mol. The van der Waals surface area contributed by atoms with E-state index < -0.39 is 0 Å².